The molecule has 0 radical (unpaired) electrons. The minimum atomic E-state index is -0.630. The zero-order valence-corrected chi connectivity index (χ0v) is 8.85. The van der Waals surface area contributed by atoms with Crippen molar-refractivity contribution in [2.24, 2.45) is 0 Å². The average Bonchev–Trinajstić information content (AvgIpc) is 2.18. The van der Waals surface area contributed by atoms with Crippen LogP contribution in [0.5, 0.6) is 0 Å². The lowest BCUT2D eigenvalue weighted by Gasteiger charge is -2.06. The number of esters is 1. The number of ether oxygens (including phenoxy) is 1. The molecule has 0 amide bonds. The Kier molecular flexibility index (Phi) is 4.84. The van der Waals surface area contributed by atoms with Crippen molar-refractivity contribution in [3.63, 3.8) is 0 Å². The van der Waals surface area contributed by atoms with Gasteiger partial charge in [-0.1, -0.05) is 30.3 Å². The van der Waals surface area contributed by atoms with Crippen molar-refractivity contribution < 1.29 is 14.6 Å². The Hall–Kier alpha value is -1.35. The smallest absolute Gasteiger partial charge is 0.308 e. The van der Waals surface area contributed by atoms with E-state index in [1.807, 2.05) is 30.3 Å². The highest BCUT2D eigenvalue weighted by Crippen LogP contribution is 2.00. The first-order valence-corrected chi connectivity index (χ1v) is 5.06. The summed E-state index contributed by atoms with van der Waals surface area (Å²) < 4.78 is 4.96. The van der Waals surface area contributed by atoms with E-state index in [-0.39, 0.29) is 12.4 Å². The van der Waals surface area contributed by atoms with E-state index in [1.54, 1.807) is 6.92 Å². The highest BCUT2D eigenvalue weighted by Gasteiger charge is 2.06. The van der Waals surface area contributed by atoms with Crippen LogP contribution in [0.4, 0.5) is 0 Å². The maximum absolute atomic E-state index is 11.1. The van der Waals surface area contributed by atoms with Gasteiger partial charge in [0.05, 0.1) is 19.1 Å². The number of aliphatic hydroxyl groups is 1. The van der Waals surface area contributed by atoms with Crippen LogP contribution in [0, 0.1) is 0 Å². The molecule has 0 heterocycles. The Morgan fingerprint density at radius 1 is 1.40 bits per heavy atom. The topological polar surface area (TPSA) is 46.5 Å². The lowest BCUT2D eigenvalue weighted by molar-refractivity contribution is -0.145. The molecule has 82 valence electrons. The van der Waals surface area contributed by atoms with E-state index < -0.39 is 6.10 Å². The van der Waals surface area contributed by atoms with Gasteiger partial charge < -0.3 is 9.84 Å². The molecule has 1 atom stereocenters. The number of aliphatic hydroxyl groups excluding tert-OH is 1. The molecule has 0 aliphatic heterocycles. The Morgan fingerprint density at radius 2 is 2.07 bits per heavy atom. The van der Waals surface area contributed by atoms with Gasteiger partial charge >= 0.3 is 5.97 Å². The van der Waals surface area contributed by atoms with Gasteiger partial charge in [0, 0.05) is 6.42 Å². The molecule has 0 spiro atoms. The standard InChI is InChI=1S/C12H16O3/c1-10(13)9-12(14)15-8-7-11-5-3-2-4-6-11/h2-6,10,13H,7-9H2,1H3/t10-/m1/s1. The van der Waals surface area contributed by atoms with Gasteiger partial charge in [-0.05, 0) is 12.5 Å². The first-order chi connectivity index (χ1) is 7.18. The molecule has 0 fully saturated rings. The quantitative estimate of drug-likeness (QED) is 0.747. The summed E-state index contributed by atoms with van der Waals surface area (Å²) in [5.74, 6) is -0.346. The molecule has 0 aliphatic carbocycles. The van der Waals surface area contributed by atoms with Crippen molar-refractivity contribution in [1.29, 1.82) is 0 Å². The van der Waals surface area contributed by atoms with Crippen LogP contribution in [0.15, 0.2) is 30.3 Å². The van der Waals surface area contributed by atoms with Gasteiger partial charge in [0.2, 0.25) is 0 Å². The number of rotatable bonds is 5. The van der Waals surface area contributed by atoms with Gasteiger partial charge in [-0.3, -0.25) is 4.79 Å². The second-order valence-corrected chi connectivity index (χ2v) is 3.51. The largest absolute Gasteiger partial charge is 0.465 e. The lowest BCUT2D eigenvalue weighted by atomic mass is 10.2. The Balaban J connectivity index is 2.19. The predicted octanol–water partition coefficient (Wildman–Crippen LogP) is 1.54. The van der Waals surface area contributed by atoms with Crippen LogP contribution < -0.4 is 0 Å². The summed E-state index contributed by atoms with van der Waals surface area (Å²) in [5.41, 5.74) is 1.14. The molecule has 3 nitrogen and oxygen atoms in total. The van der Waals surface area contributed by atoms with Gasteiger partial charge in [0.1, 0.15) is 0 Å². The predicted molar refractivity (Wildman–Crippen MR) is 57.4 cm³/mol. The summed E-state index contributed by atoms with van der Waals surface area (Å²) >= 11 is 0. The summed E-state index contributed by atoms with van der Waals surface area (Å²) in [5, 5.41) is 8.94. The maximum atomic E-state index is 11.1. The number of carbonyl (C=O) groups excluding carboxylic acids is 1. The lowest BCUT2D eigenvalue weighted by Crippen LogP contribution is -2.13. The van der Waals surface area contributed by atoms with Crippen LogP contribution in [-0.2, 0) is 16.0 Å². The van der Waals surface area contributed by atoms with Gasteiger partial charge in [-0.2, -0.15) is 0 Å². The number of carbonyl (C=O) groups is 1. The molecule has 1 aromatic carbocycles. The van der Waals surface area contributed by atoms with Crippen LogP contribution >= 0.6 is 0 Å². The van der Waals surface area contributed by atoms with Crippen molar-refractivity contribution in [2.45, 2.75) is 25.9 Å². The van der Waals surface area contributed by atoms with Crippen LogP contribution in [0.2, 0.25) is 0 Å². The van der Waals surface area contributed by atoms with Crippen molar-refractivity contribution >= 4 is 5.97 Å². The van der Waals surface area contributed by atoms with Crippen molar-refractivity contribution in [3.05, 3.63) is 35.9 Å². The van der Waals surface area contributed by atoms with Crippen molar-refractivity contribution in [1.82, 2.24) is 0 Å². The zero-order chi connectivity index (χ0) is 11.1. The van der Waals surface area contributed by atoms with E-state index in [2.05, 4.69) is 0 Å². The van der Waals surface area contributed by atoms with Crippen LogP contribution in [0.3, 0.4) is 0 Å². The van der Waals surface area contributed by atoms with Crippen LogP contribution in [-0.4, -0.2) is 23.8 Å². The zero-order valence-electron chi connectivity index (χ0n) is 8.85. The molecule has 0 aliphatic rings. The third kappa shape index (κ3) is 5.18. The summed E-state index contributed by atoms with van der Waals surface area (Å²) in [6.07, 6.45) is 0.149. The van der Waals surface area contributed by atoms with Gasteiger partial charge in [0.15, 0.2) is 0 Å². The summed E-state index contributed by atoms with van der Waals surface area (Å²) in [4.78, 5) is 11.1. The van der Waals surface area contributed by atoms with E-state index >= 15 is 0 Å². The fourth-order valence-corrected chi connectivity index (χ4v) is 1.23. The van der Waals surface area contributed by atoms with E-state index in [9.17, 15) is 4.79 Å². The summed E-state index contributed by atoms with van der Waals surface area (Å²) in [6, 6.07) is 9.83. The monoisotopic (exact) mass is 208 g/mol. The normalized spacial score (nSPS) is 12.1. The summed E-state index contributed by atoms with van der Waals surface area (Å²) in [6.45, 7) is 1.94. The van der Waals surface area contributed by atoms with Crippen LogP contribution in [0.1, 0.15) is 18.9 Å². The second-order valence-electron chi connectivity index (χ2n) is 3.51. The molecule has 0 aromatic heterocycles. The Bertz CT molecular complexity index is 293. The Labute approximate surface area is 89.7 Å². The molecule has 3 heteroatoms. The van der Waals surface area contributed by atoms with Gasteiger partial charge in [0.25, 0.3) is 0 Å². The van der Waals surface area contributed by atoms with Crippen molar-refractivity contribution in [2.75, 3.05) is 6.61 Å². The van der Waals surface area contributed by atoms with Gasteiger partial charge in [-0.15, -0.1) is 0 Å². The summed E-state index contributed by atoms with van der Waals surface area (Å²) in [7, 11) is 0. The first kappa shape index (κ1) is 11.7. The van der Waals surface area contributed by atoms with E-state index in [0.29, 0.717) is 13.0 Å². The average molecular weight is 208 g/mol. The van der Waals surface area contributed by atoms with Crippen molar-refractivity contribution in [3.8, 4) is 0 Å². The Morgan fingerprint density at radius 3 is 2.67 bits per heavy atom. The van der Waals surface area contributed by atoms with E-state index in [1.165, 1.54) is 0 Å². The minimum absolute atomic E-state index is 0.0643. The number of hydrogen-bond donors (Lipinski definition) is 1. The molecular weight excluding hydrogens is 192 g/mol. The third-order valence-corrected chi connectivity index (χ3v) is 1.96. The van der Waals surface area contributed by atoms with Crippen LogP contribution in [0.25, 0.3) is 0 Å². The molecule has 0 saturated carbocycles. The van der Waals surface area contributed by atoms with Gasteiger partial charge in [-0.25, -0.2) is 0 Å². The number of hydrogen-bond acceptors (Lipinski definition) is 3. The molecule has 1 N–H and O–H groups in total. The first-order valence-electron chi connectivity index (χ1n) is 5.06. The minimum Gasteiger partial charge on any atom is -0.465 e. The molecule has 1 rings (SSSR count). The SMILES string of the molecule is C[C@@H](O)CC(=O)OCCc1ccccc1. The molecule has 0 bridgehead atoms. The number of benzene rings is 1. The fourth-order valence-electron chi connectivity index (χ4n) is 1.23. The molecule has 1 aromatic rings. The molecule has 0 saturated heterocycles. The molecule has 15 heavy (non-hydrogen) atoms. The van der Waals surface area contributed by atoms with E-state index in [0.717, 1.165) is 5.56 Å². The molecular formula is C12H16O3. The third-order valence-electron chi connectivity index (χ3n) is 1.96. The highest BCUT2D eigenvalue weighted by atomic mass is 16.5. The second kappa shape index (κ2) is 6.19. The molecule has 0 unspecified atom stereocenters. The van der Waals surface area contributed by atoms with E-state index in [4.69, 9.17) is 9.84 Å². The highest BCUT2D eigenvalue weighted by molar-refractivity contribution is 5.69. The fraction of sp³-hybridized carbons (Fsp3) is 0.417. The maximum Gasteiger partial charge on any atom is 0.308 e.